The fraction of sp³-hybridized carbons (Fsp3) is 0.250. The molecule has 10 heteroatoms. The Morgan fingerprint density at radius 3 is 2.85 bits per heavy atom. The van der Waals surface area contributed by atoms with Crippen LogP contribution in [0.15, 0.2) is 55.1 Å². The number of rotatable bonds is 2. The number of hydrogen-bond donors (Lipinski definition) is 1. The highest BCUT2D eigenvalue weighted by Crippen LogP contribution is 2.28. The normalized spacial score (nSPS) is 15.8. The molecular weight excluding hydrogens is 434 g/mol. The number of anilines is 1. The van der Waals surface area contributed by atoms with Gasteiger partial charge in [0.1, 0.15) is 23.4 Å². The molecule has 4 aromatic heterocycles. The monoisotopic (exact) mass is 457 g/mol. The summed E-state index contributed by atoms with van der Waals surface area (Å²) in [5.74, 6) is 1.45. The van der Waals surface area contributed by atoms with Gasteiger partial charge in [-0.3, -0.25) is 4.79 Å². The van der Waals surface area contributed by atoms with Crippen LogP contribution in [0.1, 0.15) is 36.2 Å². The lowest BCUT2D eigenvalue weighted by molar-refractivity contribution is 0.102. The molecule has 2 bridgehead atoms. The van der Waals surface area contributed by atoms with Crippen molar-refractivity contribution in [2.45, 2.75) is 25.8 Å². The Bertz CT molecular complexity index is 1320. The highest BCUT2D eigenvalue weighted by molar-refractivity contribution is 6.06. The Balaban J connectivity index is 1.53. The number of carbonyl (C=O) groups excluding carboxylic acids is 1. The number of hydrogen-bond acceptors (Lipinski definition) is 8. The van der Waals surface area contributed by atoms with E-state index in [1.54, 1.807) is 44.0 Å². The molecule has 0 radical (unpaired) electrons. The van der Waals surface area contributed by atoms with Gasteiger partial charge in [0.2, 0.25) is 11.8 Å². The third-order valence-corrected chi connectivity index (χ3v) is 5.65. The molecule has 5 heterocycles. The number of aromatic nitrogens is 6. The average Bonchev–Trinajstić information content (AvgIpc) is 3.36. The van der Waals surface area contributed by atoms with Crippen LogP contribution >= 0.6 is 0 Å². The van der Waals surface area contributed by atoms with Crippen molar-refractivity contribution in [3.8, 4) is 34.4 Å². The maximum atomic E-state index is 13.3. The van der Waals surface area contributed by atoms with Gasteiger partial charge in [-0.25, -0.2) is 15.0 Å². The van der Waals surface area contributed by atoms with E-state index < -0.39 is 0 Å². The largest absolute Gasteiger partial charge is 0.481 e. The summed E-state index contributed by atoms with van der Waals surface area (Å²) >= 11 is 0. The quantitative estimate of drug-likeness (QED) is 0.483. The van der Waals surface area contributed by atoms with Gasteiger partial charge < -0.3 is 19.4 Å². The summed E-state index contributed by atoms with van der Waals surface area (Å²) < 4.78 is 13.0. The van der Waals surface area contributed by atoms with Gasteiger partial charge in [-0.1, -0.05) is 6.07 Å². The minimum atomic E-state index is -0.373. The topological polar surface area (TPSA) is 117 Å². The molecule has 10 nitrogen and oxygen atoms in total. The third-order valence-electron chi connectivity index (χ3n) is 5.65. The number of nitrogens with zero attached hydrogens (tertiary/aromatic N) is 6. The lowest BCUT2D eigenvalue weighted by Crippen LogP contribution is -2.17. The van der Waals surface area contributed by atoms with Crippen molar-refractivity contribution in [3.05, 3.63) is 60.7 Å². The first-order valence-electron chi connectivity index (χ1n) is 10.9. The highest BCUT2D eigenvalue weighted by Gasteiger charge is 2.20. The summed E-state index contributed by atoms with van der Waals surface area (Å²) in [6.45, 7) is 2.52. The zero-order valence-corrected chi connectivity index (χ0v) is 18.8. The highest BCUT2D eigenvalue weighted by atomic mass is 16.5. The predicted octanol–water partition coefficient (Wildman–Crippen LogP) is 3.79. The Labute approximate surface area is 196 Å². The second kappa shape index (κ2) is 9.26. The molecule has 34 heavy (non-hydrogen) atoms. The van der Waals surface area contributed by atoms with Crippen molar-refractivity contribution in [3.63, 3.8) is 0 Å². The molecule has 1 aliphatic rings. The lowest BCUT2D eigenvalue weighted by Gasteiger charge is -2.17. The number of fused-ring (bicyclic) bond motifs is 5. The van der Waals surface area contributed by atoms with E-state index in [1.807, 2.05) is 22.8 Å². The van der Waals surface area contributed by atoms with Crippen LogP contribution < -0.4 is 14.8 Å². The van der Waals surface area contributed by atoms with E-state index in [-0.39, 0.29) is 17.8 Å². The van der Waals surface area contributed by atoms with Crippen LogP contribution in [0.2, 0.25) is 0 Å². The number of nitrogens with one attached hydrogen (secondary N) is 1. The summed E-state index contributed by atoms with van der Waals surface area (Å²) in [4.78, 5) is 26.6. The van der Waals surface area contributed by atoms with Crippen molar-refractivity contribution >= 4 is 11.7 Å². The van der Waals surface area contributed by atoms with Gasteiger partial charge in [-0.05, 0) is 44.0 Å². The van der Waals surface area contributed by atoms with Gasteiger partial charge in [0.15, 0.2) is 5.82 Å². The molecule has 0 spiro atoms. The fourth-order valence-electron chi connectivity index (χ4n) is 3.81. The molecule has 5 rings (SSSR count). The minimum Gasteiger partial charge on any atom is -0.481 e. The minimum absolute atomic E-state index is 0.147. The lowest BCUT2D eigenvalue weighted by atomic mass is 10.1. The van der Waals surface area contributed by atoms with Crippen molar-refractivity contribution < 1.29 is 14.3 Å². The zero-order chi connectivity index (χ0) is 23.5. The fourth-order valence-corrected chi connectivity index (χ4v) is 3.81. The Hall–Kier alpha value is -4.34. The van der Waals surface area contributed by atoms with E-state index in [1.165, 1.54) is 0 Å². The molecule has 0 saturated carbocycles. The maximum absolute atomic E-state index is 13.3. The van der Waals surface area contributed by atoms with Crippen LogP contribution in [-0.4, -0.2) is 49.3 Å². The summed E-state index contributed by atoms with van der Waals surface area (Å²) in [7, 11) is 1.56. The molecule has 172 valence electrons. The molecule has 1 aliphatic heterocycles. The van der Waals surface area contributed by atoms with Gasteiger partial charge in [-0.2, -0.15) is 0 Å². The third kappa shape index (κ3) is 4.29. The molecule has 0 fully saturated rings. The van der Waals surface area contributed by atoms with Crippen molar-refractivity contribution in [2.24, 2.45) is 0 Å². The first-order chi connectivity index (χ1) is 16.6. The first kappa shape index (κ1) is 21.5. The second-order valence-corrected chi connectivity index (χ2v) is 7.93. The van der Waals surface area contributed by atoms with E-state index in [9.17, 15) is 4.79 Å². The summed E-state index contributed by atoms with van der Waals surface area (Å²) in [6.07, 6.45) is 6.64. The van der Waals surface area contributed by atoms with Crippen LogP contribution in [0.5, 0.6) is 11.8 Å². The molecule has 0 aromatic carbocycles. The van der Waals surface area contributed by atoms with Crippen LogP contribution in [0.3, 0.4) is 0 Å². The van der Waals surface area contributed by atoms with Crippen molar-refractivity contribution in [1.29, 1.82) is 0 Å². The zero-order valence-electron chi connectivity index (χ0n) is 18.8. The second-order valence-electron chi connectivity index (χ2n) is 7.93. The van der Waals surface area contributed by atoms with Gasteiger partial charge in [0.05, 0.1) is 13.7 Å². The van der Waals surface area contributed by atoms with Gasteiger partial charge >= 0.3 is 0 Å². The number of amides is 1. The number of carbonyl (C=O) groups is 1. The molecule has 1 N–H and O–H groups in total. The molecule has 4 aromatic rings. The van der Waals surface area contributed by atoms with Gasteiger partial charge in [-0.15, -0.1) is 10.2 Å². The van der Waals surface area contributed by atoms with Crippen LogP contribution in [-0.2, 0) is 0 Å². The number of ether oxygens (including phenoxy) is 2. The summed E-state index contributed by atoms with van der Waals surface area (Å²) in [5.41, 5.74) is 2.48. The SMILES string of the molecule is COc1ccc(-c2cnc3c(c2)C(=O)Nc2cccc(n2)-c2nncn2C(C)CCCO3)cn1. The van der Waals surface area contributed by atoms with Crippen molar-refractivity contribution in [1.82, 2.24) is 29.7 Å². The standard InChI is InChI=1S/C24H23N7O3/c1-15-5-4-10-34-24-18(11-17(13-26-24)16-8-9-21(33-2)25-12-16)23(32)29-20-7-3-6-19(28-20)22-30-27-14-31(15)22/h3,6-9,11-15H,4-5,10H2,1-2H3,(H,28,29,32). The number of methoxy groups -OCH3 is 1. The average molecular weight is 457 g/mol. The molecule has 1 amide bonds. The van der Waals surface area contributed by atoms with Gasteiger partial charge in [0, 0.05) is 35.6 Å². The molecule has 0 saturated heterocycles. The van der Waals surface area contributed by atoms with E-state index in [0.717, 1.165) is 24.0 Å². The molecular formula is C24H23N7O3. The predicted molar refractivity (Wildman–Crippen MR) is 125 cm³/mol. The van der Waals surface area contributed by atoms with Crippen LogP contribution in [0.25, 0.3) is 22.6 Å². The molecule has 0 aliphatic carbocycles. The van der Waals surface area contributed by atoms with Crippen LogP contribution in [0, 0.1) is 0 Å². The summed E-state index contributed by atoms with van der Waals surface area (Å²) in [6, 6.07) is 10.9. The van der Waals surface area contributed by atoms with E-state index in [0.29, 0.717) is 35.4 Å². The smallest absolute Gasteiger partial charge is 0.262 e. The van der Waals surface area contributed by atoms with E-state index >= 15 is 0 Å². The van der Waals surface area contributed by atoms with Crippen molar-refractivity contribution in [2.75, 3.05) is 19.0 Å². The molecule has 1 unspecified atom stereocenters. The van der Waals surface area contributed by atoms with Gasteiger partial charge in [0.25, 0.3) is 5.91 Å². The van der Waals surface area contributed by atoms with E-state index in [2.05, 4.69) is 37.4 Å². The van der Waals surface area contributed by atoms with E-state index in [4.69, 9.17) is 9.47 Å². The maximum Gasteiger partial charge on any atom is 0.262 e. The number of pyridine rings is 3. The Morgan fingerprint density at radius 2 is 2.03 bits per heavy atom. The Kier molecular flexibility index (Phi) is 5.86. The Morgan fingerprint density at radius 1 is 1.15 bits per heavy atom. The van der Waals surface area contributed by atoms with Crippen LogP contribution in [0.4, 0.5) is 5.82 Å². The first-order valence-corrected chi connectivity index (χ1v) is 10.9. The summed E-state index contributed by atoms with van der Waals surface area (Å²) in [5, 5.41) is 11.2. The molecule has 1 atom stereocenters.